The molecule has 0 saturated carbocycles. The molecule has 0 aromatic carbocycles. The number of thiophene rings is 2. The monoisotopic (exact) mass is 294 g/mol. The molecule has 2 heterocycles. The van der Waals surface area contributed by atoms with Gasteiger partial charge in [0.05, 0.1) is 0 Å². The summed E-state index contributed by atoms with van der Waals surface area (Å²) in [7, 11) is 2.20. The van der Waals surface area contributed by atoms with E-state index in [0.717, 1.165) is 32.6 Å². The van der Waals surface area contributed by atoms with E-state index in [9.17, 15) is 0 Å². The topological polar surface area (TPSA) is 15.3 Å². The molecule has 2 aromatic heterocycles. The van der Waals surface area contributed by atoms with Crippen molar-refractivity contribution >= 4 is 22.7 Å². The van der Waals surface area contributed by atoms with Crippen molar-refractivity contribution in [2.75, 3.05) is 26.7 Å². The van der Waals surface area contributed by atoms with Gasteiger partial charge in [-0.15, -0.1) is 22.7 Å². The first kappa shape index (κ1) is 14.7. The molecule has 1 N–H and O–H groups in total. The van der Waals surface area contributed by atoms with Gasteiger partial charge in [-0.1, -0.05) is 6.07 Å². The van der Waals surface area contributed by atoms with Gasteiger partial charge in [0, 0.05) is 35.9 Å². The molecule has 0 saturated heterocycles. The Hall–Kier alpha value is -0.680. The molecular formula is C15H22N2S2. The average molecular weight is 294 g/mol. The molecule has 0 aliphatic carbocycles. The maximum atomic E-state index is 3.52. The van der Waals surface area contributed by atoms with Crippen LogP contribution in [0.2, 0.25) is 0 Å². The van der Waals surface area contributed by atoms with Crippen LogP contribution in [-0.2, 0) is 13.0 Å². The van der Waals surface area contributed by atoms with Crippen molar-refractivity contribution in [3.05, 3.63) is 44.3 Å². The van der Waals surface area contributed by atoms with Crippen LogP contribution in [0.25, 0.3) is 0 Å². The summed E-state index contributed by atoms with van der Waals surface area (Å²) < 4.78 is 0. The summed E-state index contributed by atoms with van der Waals surface area (Å²) in [5.74, 6) is 0. The van der Waals surface area contributed by atoms with Gasteiger partial charge in [0.15, 0.2) is 0 Å². The van der Waals surface area contributed by atoms with E-state index in [4.69, 9.17) is 0 Å². The fourth-order valence-corrected chi connectivity index (χ4v) is 3.50. The maximum Gasteiger partial charge on any atom is 0.0302 e. The SMILES string of the molecule is Cc1ccsc1CNCCN(C)CCc1cccs1. The molecule has 0 amide bonds. The molecule has 2 nitrogen and oxygen atoms in total. The molecule has 0 aliphatic rings. The van der Waals surface area contributed by atoms with Crippen molar-refractivity contribution in [1.82, 2.24) is 10.2 Å². The van der Waals surface area contributed by atoms with Crippen molar-refractivity contribution in [2.45, 2.75) is 19.9 Å². The van der Waals surface area contributed by atoms with Gasteiger partial charge >= 0.3 is 0 Å². The van der Waals surface area contributed by atoms with Gasteiger partial charge in [0.1, 0.15) is 0 Å². The van der Waals surface area contributed by atoms with E-state index < -0.39 is 0 Å². The highest BCUT2D eigenvalue weighted by atomic mass is 32.1. The molecule has 0 spiro atoms. The zero-order valence-corrected chi connectivity index (χ0v) is 13.3. The molecule has 0 radical (unpaired) electrons. The summed E-state index contributed by atoms with van der Waals surface area (Å²) in [6.45, 7) is 6.48. The lowest BCUT2D eigenvalue weighted by Gasteiger charge is -2.16. The minimum absolute atomic E-state index is 1.00. The Morgan fingerprint density at radius 2 is 2.05 bits per heavy atom. The Balaban J connectivity index is 1.56. The molecule has 0 unspecified atom stereocenters. The number of nitrogens with one attached hydrogen (secondary N) is 1. The predicted molar refractivity (Wildman–Crippen MR) is 86.3 cm³/mol. The normalized spacial score (nSPS) is 11.3. The second-order valence-corrected chi connectivity index (χ2v) is 6.87. The minimum atomic E-state index is 1.00. The van der Waals surface area contributed by atoms with E-state index in [1.165, 1.54) is 15.3 Å². The second-order valence-electron chi connectivity index (χ2n) is 4.84. The first-order valence-corrected chi connectivity index (χ1v) is 8.46. The lowest BCUT2D eigenvalue weighted by molar-refractivity contribution is 0.336. The standard InChI is InChI=1S/C15H22N2S2/c1-13-6-11-19-15(13)12-16-7-9-17(2)8-5-14-4-3-10-18-14/h3-4,6,10-11,16H,5,7-9,12H2,1-2H3. The van der Waals surface area contributed by atoms with Gasteiger partial charge in [-0.25, -0.2) is 0 Å². The van der Waals surface area contributed by atoms with Crippen LogP contribution in [0.15, 0.2) is 29.0 Å². The van der Waals surface area contributed by atoms with Gasteiger partial charge < -0.3 is 10.2 Å². The Kier molecular flexibility index (Phi) is 6.04. The summed E-state index contributed by atoms with van der Waals surface area (Å²) in [5.41, 5.74) is 1.41. The molecule has 4 heteroatoms. The van der Waals surface area contributed by atoms with Crippen LogP contribution < -0.4 is 5.32 Å². The quantitative estimate of drug-likeness (QED) is 0.751. The van der Waals surface area contributed by atoms with Gasteiger partial charge in [-0.2, -0.15) is 0 Å². The summed E-state index contributed by atoms with van der Waals surface area (Å²) in [4.78, 5) is 5.34. The molecule has 0 fully saturated rings. The molecule has 2 aromatic rings. The zero-order valence-electron chi connectivity index (χ0n) is 11.7. The highest BCUT2D eigenvalue weighted by molar-refractivity contribution is 7.10. The van der Waals surface area contributed by atoms with Crippen LogP contribution in [0.1, 0.15) is 15.3 Å². The van der Waals surface area contributed by atoms with E-state index in [2.05, 4.69) is 53.1 Å². The van der Waals surface area contributed by atoms with Crippen LogP contribution >= 0.6 is 22.7 Å². The number of aryl methyl sites for hydroxylation is 1. The van der Waals surface area contributed by atoms with E-state index in [0.29, 0.717) is 0 Å². The van der Waals surface area contributed by atoms with Crippen molar-refractivity contribution in [1.29, 1.82) is 0 Å². The van der Waals surface area contributed by atoms with Crippen molar-refractivity contribution in [3.63, 3.8) is 0 Å². The summed E-state index contributed by atoms with van der Waals surface area (Å²) in [5, 5.41) is 7.84. The summed E-state index contributed by atoms with van der Waals surface area (Å²) in [6, 6.07) is 6.54. The second kappa shape index (κ2) is 7.80. The fourth-order valence-electron chi connectivity index (χ4n) is 1.92. The molecule has 0 bridgehead atoms. The number of likely N-dealkylation sites (N-methyl/N-ethyl adjacent to an activating group) is 1. The lowest BCUT2D eigenvalue weighted by atomic mass is 10.3. The molecule has 19 heavy (non-hydrogen) atoms. The smallest absolute Gasteiger partial charge is 0.0302 e. The third-order valence-corrected chi connectivity index (χ3v) is 5.20. The fraction of sp³-hybridized carbons (Fsp3) is 0.467. The number of hydrogen-bond acceptors (Lipinski definition) is 4. The van der Waals surface area contributed by atoms with E-state index in [-0.39, 0.29) is 0 Å². The Bertz CT molecular complexity index is 462. The molecule has 2 rings (SSSR count). The largest absolute Gasteiger partial charge is 0.311 e. The highest BCUT2D eigenvalue weighted by Gasteiger charge is 2.01. The lowest BCUT2D eigenvalue weighted by Crippen LogP contribution is -2.30. The van der Waals surface area contributed by atoms with E-state index >= 15 is 0 Å². The van der Waals surface area contributed by atoms with E-state index in [1.807, 2.05) is 22.7 Å². The van der Waals surface area contributed by atoms with Crippen molar-refractivity contribution in [2.24, 2.45) is 0 Å². The Morgan fingerprint density at radius 1 is 1.16 bits per heavy atom. The van der Waals surface area contributed by atoms with Crippen LogP contribution in [0.4, 0.5) is 0 Å². The highest BCUT2D eigenvalue weighted by Crippen LogP contribution is 2.14. The third kappa shape index (κ3) is 5.07. The zero-order chi connectivity index (χ0) is 13.5. The van der Waals surface area contributed by atoms with Crippen LogP contribution in [0.5, 0.6) is 0 Å². The predicted octanol–water partition coefficient (Wildman–Crippen LogP) is 3.38. The van der Waals surface area contributed by atoms with Crippen molar-refractivity contribution in [3.8, 4) is 0 Å². The maximum absolute atomic E-state index is 3.52. The van der Waals surface area contributed by atoms with Crippen molar-refractivity contribution < 1.29 is 0 Å². The first-order chi connectivity index (χ1) is 9.25. The summed E-state index contributed by atoms with van der Waals surface area (Å²) in [6.07, 6.45) is 1.16. The number of rotatable bonds is 8. The Morgan fingerprint density at radius 3 is 2.74 bits per heavy atom. The first-order valence-electron chi connectivity index (χ1n) is 6.70. The van der Waals surface area contributed by atoms with Crippen LogP contribution in [0.3, 0.4) is 0 Å². The van der Waals surface area contributed by atoms with E-state index in [1.54, 1.807) is 0 Å². The van der Waals surface area contributed by atoms with Gasteiger partial charge in [0.2, 0.25) is 0 Å². The van der Waals surface area contributed by atoms with Crippen LogP contribution in [0, 0.1) is 6.92 Å². The third-order valence-electron chi connectivity index (χ3n) is 3.24. The molecule has 0 atom stereocenters. The van der Waals surface area contributed by atoms with Gasteiger partial charge in [-0.05, 0) is 48.8 Å². The van der Waals surface area contributed by atoms with Gasteiger partial charge in [0.25, 0.3) is 0 Å². The molecular weight excluding hydrogens is 272 g/mol. The van der Waals surface area contributed by atoms with Gasteiger partial charge in [-0.3, -0.25) is 0 Å². The summed E-state index contributed by atoms with van der Waals surface area (Å²) >= 11 is 3.69. The molecule has 104 valence electrons. The average Bonchev–Trinajstić information content (AvgIpc) is 3.04. The number of hydrogen-bond donors (Lipinski definition) is 1. The Labute approximate surface area is 124 Å². The van der Waals surface area contributed by atoms with Crippen LogP contribution in [-0.4, -0.2) is 31.6 Å². The molecule has 0 aliphatic heterocycles. The minimum Gasteiger partial charge on any atom is -0.311 e. The number of nitrogens with zero attached hydrogens (tertiary/aromatic N) is 1.